The lowest BCUT2D eigenvalue weighted by molar-refractivity contribution is -0.393. The number of aromatic hydroxyl groups is 1. The van der Waals surface area contributed by atoms with Crippen molar-refractivity contribution in [2.75, 3.05) is 0 Å². The Kier molecular flexibility index (Phi) is 5.80. The molecule has 0 saturated carbocycles. The standard InChI is InChI=1S/C14H8ClN5O8/c15-13-10(19(25)26)4-7(5-11(13)20(27)28)14(22)17-16-6-8-3-9(18(23)24)1-2-12(8)21/h1-6,21H,(H,17,22). The molecule has 14 heteroatoms. The third-order valence-corrected chi connectivity index (χ3v) is 3.67. The first-order valence-corrected chi connectivity index (χ1v) is 7.42. The van der Waals surface area contributed by atoms with Gasteiger partial charge in [0.15, 0.2) is 5.02 Å². The Morgan fingerprint density at radius 1 is 1.04 bits per heavy atom. The molecule has 0 spiro atoms. The van der Waals surface area contributed by atoms with Crippen LogP contribution in [-0.2, 0) is 0 Å². The lowest BCUT2D eigenvalue weighted by atomic mass is 10.1. The maximum atomic E-state index is 12.1. The highest BCUT2D eigenvalue weighted by molar-refractivity contribution is 6.35. The predicted octanol–water partition coefficient (Wildman–Crippen LogP) is 2.53. The first-order valence-electron chi connectivity index (χ1n) is 7.05. The van der Waals surface area contributed by atoms with Crippen LogP contribution in [0.25, 0.3) is 0 Å². The average molecular weight is 410 g/mol. The molecular weight excluding hydrogens is 402 g/mol. The molecule has 2 aromatic rings. The van der Waals surface area contributed by atoms with Crippen molar-refractivity contribution in [1.82, 2.24) is 5.43 Å². The van der Waals surface area contributed by atoms with Crippen LogP contribution >= 0.6 is 11.6 Å². The third-order valence-electron chi connectivity index (χ3n) is 3.28. The number of hydrazone groups is 1. The second-order valence-corrected chi connectivity index (χ2v) is 5.42. The molecule has 2 N–H and O–H groups in total. The summed E-state index contributed by atoms with van der Waals surface area (Å²) in [6.45, 7) is 0. The number of hydrogen-bond acceptors (Lipinski definition) is 9. The lowest BCUT2D eigenvalue weighted by Gasteiger charge is -2.03. The minimum absolute atomic E-state index is 0.0948. The van der Waals surface area contributed by atoms with Crippen LogP contribution in [0.1, 0.15) is 15.9 Å². The van der Waals surface area contributed by atoms with Crippen LogP contribution < -0.4 is 5.43 Å². The molecule has 0 radical (unpaired) electrons. The van der Waals surface area contributed by atoms with Crippen LogP contribution in [0, 0.1) is 30.3 Å². The molecule has 0 saturated heterocycles. The number of nitrogens with zero attached hydrogens (tertiary/aromatic N) is 4. The summed E-state index contributed by atoms with van der Waals surface area (Å²) in [5.74, 6) is -1.41. The van der Waals surface area contributed by atoms with Gasteiger partial charge >= 0.3 is 0 Å². The number of nitro benzene ring substituents is 3. The zero-order valence-electron chi connectivity index (χ0n) is 13.4. The van der Waals surface area contributed by atoms with E-state index in [2.05, 4.69) is 5.10 Å². The molecule has 28 heavy (non-hydrogen) atoms. The smallest absolute Gasteiger partial charge is 0.295 e. The molecule has 0 atom stereocenters. The number of phenols is 1. The van der Waals surface area contributed by atoms with Crippen LogP contribution in [-0.4, -0.2) is 32.0 Å². The van der Waals surface area contributed by atoms with Crippen molar-refractivity contribution in [2.45, 2.75) is 0 Å². The van der Waals surface area contributed by atoms with E-state index in [0.29, 0.717) is 0 Å². The first-order chi connectivity index (χ1) is 13.1. The highest BCUT2D eigenvalue weighted by Crippen LogP contribution is 2.34. The van der Waals surface area contributed by atoms with Gasteiger partial charge in [-0.15, -0.1) is 0 Å². The molecule has 1 amide bonds. The Bertz CT molecular complexity index is 1000. The van der Waals surface area contributed by atoms with Gasteiger partial charge in [-0.1, -0.05) is 11.6 Å². The van der Waals surface area contributed by atoms with E-state index in [0.717, 1.165) is 36.5 Å². The van der Waals surface area contributed by atoms with Gasteiger partial charge in [0, 0.05) is 29.8 Å². The second kappa shape index (κ2) is 8.05. The van der Waals surface area contributed by atoms with Crippen molar-refractivity contribution in [3.63, 3.8) is 0 Å². The zero-order chi connectivity index (χ0) is 21.0. The lowest BCUT2D eigenvalue weighted by Crippen LogP contribution is -2.18. The number of nitro groups is 3. The molecule has 0 unspecified atom stereocenters. The molecule has 2 rings (SSSR count). The fourth-order valence-corrected chi connectivity index (χ4v) is 2.22. The summed E-state index contributed by atoms with van der Waals surface area (Å²) in [4.78, 5) is 42.0. The summed E-state index contributed by atoms with van der Waals surface area (Å²) >= 11 is 5.59. The van der Waals surface area contributed by atoms with Crippen LogP contribution in [0.3, 0.4) is 0 Å². The molecular formula is C14H8ClN5O8. The van der Waals surface area contributed by atoms with Gasteiger partial charge in [-0.2, -0.15) is 5.10 Å². The van der Waals surface area contributed by atoms with Gasteiger partial charge in [0.25, 0.3) is 23.0 Å². The highest BCUT2D eigenvalue weighted by Gasteiger charge is 2.27. The Morgan fingerprint density at radius 3 is 2.11 bits per heavy atom. The molecule has 0 heterocycles. The molecule has 0 aliphatic carbocycles. The highest BCUT2D eigenvalue weighted by atomic mass is 35.5. The van der Waals surface area contributed by atoms with E-state index < -0.39 is 42.6 Å². The Balaban J connectivity index is 2.30. The quantitative estimate of drug-likeness (QED) is 0.412. The molecule has 13 nitrogen and oxygen atoms in total. The van der Waals surface area contributed by atoms with E-state index in [1.165, 1.54) is 0 Å². The number of halogens is 1. The molecule has 0 aliphatic heterocycles. The average Bonchev–Trinajstić information content (AvgIpc) is 2.62. The molecule has 0 fully saturated rings. The summed E-state index contributed by atoms with van der Waals surface area (Å²) in [5.41, 5.74) is -0.658. The number of nitrogens with one attached hydrogen (secondary N) is 1. The number of benzene rings is 2. The van der Waals surface area contributed by atoms with Crippen LogP contribution in [0.5, 0.6) is 5.75 Å². The van der Waals surface area contributed by atoms with Crippen molar-refractivity contribution in [3.8, 4) is 5.75 Å². The van der Waals surface area contributed by atoms with E-state index >= 15 is 0 Å². The number of hydrogen-bond donors (Lipinski definition) is 2. The summed E-state index contributed by atoms with van der Waals surface area (Å²) in [7, 11) is 0. The van der Waals surface area contributed by atoms with Gasteiger partial charge < -0.3 is 5.11 Å². The fourth-order valence-electron chi connectivity index (χ4n) is 1.97. The molecule has 144 valence electrons. The van der Waals surface area contributed by atoms with E-state index in [1.807, 2.05) is 5.43 Å². The molecule has 2 aromatic carbocycles. The minimum Gasteiger partial charge on any atom is -0.507 e. The van der Waals surface area contributed by atoms with E-state index in [1.54, 1.807) is 0 Å². The van der Waals surface area contributed by atoms with E-state index in [9.17, 15) is 40.2 Å². The Labute approximate surface area is 159 Å². The number of carbonyl (C=O) groups is 1. The first kappa shape index (κ1) is 20.2. The van der Waals surface area contributed by atoms with Crippen LogP contribution in [0.4, 0.5) is 17.1 Å². The summed E-state index contributed by atoms with van der Waals surface area (Å²) < 4.78 is 0. The second-order valence-electron chi connectivity index (χ2n) is 5.04. The van der Waals surface area contributed by atoms with Gasteiger partial charge in [0.05, 0.1) is 26.5 Å². The Hall–Kier alpha value is -4.13. The van der Waals surface area contributed by atoms with Gasteiger partial charge in [-0.3, -0.25) is 35.1 Å². The van der Waals surface area contributed by atoms with Crippen molar-refractivity contribution in [2.24, 2.45) is 5.10 Å². The van der Waals surface area contributed by atoms with Crippen molar-refractivity contribution in [1.29, 1.82) is 0 Å². The van der Waals surface area contributed by atoms with Crippen molar-refractivity contribution >= 4 is 40.8 Å². The van der Waals surface area contributed by atoms with Crippen LogP contribution in [0.15, 0.2) is 35.4 Å². The van der Waals surface area contributed by atoms with Gasteiger partial charge in [-0.05, 0) is 6.07 Å². The SMILES string of the molecule is O=C(NN=Cc1cc([N+](=O)[O-])ccc1O)c1cc([N+](=O)[O-])c(Cl)c([N+](=O)[O-])c1. The zero-order valence-corrected chi connectivity index (χ0v) is 14.2. The summed E-state index contributed by atoms with van der Waals surface area (Å²) in [6, 6.07) is 4.55. The molecule has 0 aromatic heterocycles. The molecule has 0 aliphatic rings. The monoisotopic (exact) mass is 409 g/mol. The number of non-ortho nitro benzene ring substituents is 1. The number of carbonyl (C=O) groups excluding carboxylic acids is 1. The van der Waals surface area contributed by atoms with Gasteiger partial charge in [0.1, 0.15) is 5.75 Å². The van der Waals surface area contributed by atoms with E-state index in [-0.39, 0.29) is 17.0 Å². The minimum atomic E-state index is -1.05. The fraction of sp³-hybridized carbons (Fsp3) is 0. The Morgan fingerprint density at radius 2 is 1.61 bits per heavy atom. The third kappa shape index (κ3) is 4.34. The van der Waals surface area contributed by atoms with Crippen molar-refractivity contribution < 1.29 is 24.7 Å². The predicted molar refractivity (Wildman–Crippen MR) is 94.6 cm³/mol. The number of rotatable bonds is 6. The maximum Gasteiger partial charge on any atom is 0.295 e. The largest absolute Gasteiger partial charge is 0.507 e. The number of phenolic OH excluding ortho intramolecular Hbond substituents is 1. The topological polar surface area (TPSA) is 191 Å². The number of amides is 1. The van der Waals surface area contributed by atoms with E-state index in [4.69, 9.17) is 11.6 Å². The summed E-state index contributed by atoms with van der Waals surface area (Å²) in [6.07, 6.45) is 0.888. The maximum absolute atomic E-state index is 12.1. The van der Waals surface area contributed by atoms with Gasteiger partial charge in [0.2, 0.25) is 0 Å². The normalized spacial score (nSPS) is 10.6. The molecule has 0 bridgehead atoms. The van der Waals surface area contributed by atoms with Gasteiger partial charge in [-0.25, -0.2) is 5.43 Å². The summed E-state index contributed by atoms with van der Waals surface area (Å²) in [5, 5.41) is 45.0. The van der Waals surface area contributed by atoms with Crippen LogP contribution in [0.2, 0.25) is 5.02 Å². The van der Waals surface area contributed by atoms with Crippen molar-refractivity contribution in [3.05, 3.63) is 76.8 Å².